The Kier molecular flexibility index (Phi) is 5.08. The summed E-state index contributed by atoms with van der Waals surface area (Å²) in [6.07, 6.45) is 4.60. The highest BCUT2D eigenvalue weighted by Gasteiger charge is 2.21. The molecule has 0 fully saturated rings. The fraction of sp³-hybridized carbons (Fsp3) is 1.00. The SMILES string of the molecule is CCCCC(C)(CC)CN=O. The van der Waals surface area contributed by atoms with Crippen molar-refractivity contribution in [2.24, 2.45) is 10.6 Å². The Balaban J connectivity index is 3.77. The van der Waals surface area contributed by atoms with E-state index in [0.717, 1.165) is 12.8 Å². The molecule has 0 N–H and O–H groups in total. The Morgan fingerprint density at radius 1 is 1.36 bits per heavy atom. The van der Waals surface area contributed by atoms with Crippen LogP contribution in [-0.4, -0.2) is 6.54 Å². The minimum absolute atomic E-state index is 0.164. The van der Waals surface area contributed by atoms with Gasteiger partial charge in [0, 0.05) is 0 Å². The highest BCUT2D eigenvalue weighted by Crippen LogP contribution is 2.28. The van der Waals surface area contributed by atoms with Gasteiger partial charge >= 0.3 is 0 Å². The molecule has 0 bridgehead atoms. The van der Waals surface area contributed by atoms with Gasteiger partial charge in [-0.05, 0) is 18.3 Å². The monoisotopic (exact) mass is 157 g/mol. The van der Waals surface area contributed by atoms with Crippen LogP contribution < -0.4 is 0 Å². The molecule has 0 spiro atoms. The maximum absolute atomic E-state index is 10.1. The third kappa shape index (κ3) is 4.12. The molecule has 0 aromatic heterocycles. The van der Waals surface area contributed by atoms with Crippen LogP contribution >= 0.6 is 0 Å². The quantitative estimate of drug-likeness (QED) is 0.543. The zero-order chi connectivity index (χ0) is 8.74. The molecule has 0 amide bonds. The molecule has 0 saturated heterocycles. The number of unbranched alkanes of at least 4 members (excludes halogenated alkanes) is 1. The number of hydrogen-bond donors (Lipinski definition) is 0. The Morgan fingerprint density at radius 2 is 2.00 bits per heavy atom. The fourth-order valence-corrected chi connectivity index (χ4v) is 1.13. The zero-order valence-corrected chi connectivity index (χ0v) is 7.89. The Hall–Kier alpha value is -0.400. The van der Waals surface area contributed by atoms with Gasteiger partial charge in [-0.1, -0.05) is 38.8 Å². The lowest BCUT2D eigenvalue weighted by molar-refractivity contribution is 0.287. The van der Waals surface area contributed by atoms with Crippen molar-refractivity contribution in [3.8, 4) is 0 Å². The molecule has 0 saturated carbocycles. The first-order chi connectivity index (χ1) is 5.18. The maximum Gasteiger partial charge on any atom is 0.0864 e. The van der Waals surface area contributed by atoms with Crippen molar-refractivity contribution in [2.45, 2.75) is 46.5 Å². The summed E-state index contributed by atoms with van der Waals surface area (Å²) in [6.45, 7) is 6.92. The molecule has 66 valence electrons. The lowest BCUT2D eigenvalue weighted by Crippen LogP contribution is -2.18. The van der Waals surface area contributed by atoms with Crippen LogP contribution in [0.3, 0.4) is 0 Å². The summed E-state index contributed by atoms with van der Waals surface area (Å²) >= 11 is 0. The van der Waals surface area contributed by atoms with Gasteiger partial charge in [-0.3, -0.25) is 0 Å². The first kappa shape index (κ1) is 10.6. The number of rotatable bonds is 6. The van der Waals surface area contributed by atoms with Crippen molar-refractivity contribution in [2.75, 3.05) is 6.54 Å². The standard InChI is InChI=1S/C9H19NO/c1-4-6-7-9(3,5-2)8-10-11/h4-8H2,1-3H3. The lowest BCUT2D eigenvalue weighted by atomic mass is 9.82. The summed E-state index contributed by atoms with van der Waals surface area (Å²) in [4.78, 5) is 10.1. The zero-order valence-electron chi connectivity index (χ0n) is 7.89. The minimum Gasteiger partial charge on any atom is -0.151 e. The van der Waals surface area contributed by atoms with E-state index in [1.165, 1.54) is 12.8 Å². The van der Waals surface area contributed by atoms with Crippen LogP contribution in [0, 0.1) is 10.3 Å². The molecule has 2 heteroatoms. The molecule has 0 aromatic rings. The first-order valence-corrected chi connectivity index (χ1v) is 4.47. The van der Waals surface area contributed by atoms with Crippen molar-refractivity contribution in [3.63, 3.8) is 0 Å². The van der Waals surface area contributed by atoms with E-state index in [4.69, 9.17) is 0 Å². The average Bonchev–Trinajstić information content (AvgIpc) is 2.02. The van der Waals surface area contributed by atoms with Gasteiger partial charge in [0.05, 0.1) is 6.54 Å². The Labute approximate surface area is 69.4 Å². The van der Waals surface area contributed by atoms with E-state index in [1.54, 1.807) is 0 Å². The number of hydrogen-bond acceptors (Lipinski definition) is 2. The molecule has 1 unspecified atom stereocenters. The molecule has 0 aromatic carbocycles. The van der Waals surface area contributed by atoms with Crippen molar-refractivity contribution >= 4 is 0 Å². The van der Waals surface area contributed by atoms with Gasteiger partial charge in [-0.15, -0.1) is 0 Å². The van der Waals surface area contributed by atoms with Gasteiger partial charge in [-0.25, -0.2) is 0 Å². The molecule has 2 nitrogen and oxygen atoms in total. The largest absolute Gasteiger partial charge is 0.151 e. The van der Waals surface area contributed by atoms with E-state index in [2.05, 4.69) is 25.9 Å². The van der Waals surface area contributed by atoms with Crippen LogP contribution in [0.5, 0.6) is 0 Å². The van der Waals surface area contributed by atoms with E-state index in [9.17, 15) is 4.91 Å². The summed E-state index contributed by atoms with van der Waals surface area (Å²) in [7, 11) is 0. The summed E-state index contributed by atoms with van der Waals surface area (Å²) < 4.78 is 0. The van der Waals surface area contributed by atoms with E-state index in [1.807, 2.05) is 0 Å². The lowest BCUT2D eigenvalue weighted by Gasteiger charge is -2.24. The second-order valence-electron chi connectivity index (χ2n) is 3.55. The van der Waals surface area contributed by atoms with Crippen LogP contribution in [0.2, 0.25) is 0 Å². The van der Waals surface area contributed by atoms with Crippen molar-refractivity contribution in [1.82, 2.24) is 0 Å². The van der Waals surface area contributed by atoms with Crippen LogP contribution in [0.4, 0.5) is 0 Å². The van der Waals surface area contributed by atoms with E-state index in [-0.39, 0.29) is 5.41 Å². The highest BCUT2D eigenvalue weighted by atomic mass is 16.3. The molecule has 0 aliphatic heterocycles. The maximum atomic E-state index is 10.1. The van der Waals surface area contributed by atoms with E-state index >= 15 is 0 Å². The van der Waals surface area contributed by atoms with Gasteiger partial charge in [-0.2, -0.15) is 4.91 Å². The smallest absolute Gasteiger partial charge is 0.0864 e. The van der Waals surface area contributed by atoms with Gasteiger partial charge in [0.2, 0.25) is 0 Å². The Morgan fingerprint density at radius 3 is 2.36 bits per heavy atom. The van der Waals surface area contributed by atoms with Gasteiger partial charge in [0.15, 0.2) is 0 Å². The van der Waals surface area contributed by atoms with Gasteiger partial charge in [0.25, 0.3) is 0 Å². The molecule has 0 rings (SSSR count). The third-order valence-electron chi connectivity index (χ3n) is 2.43. The van der Waals surface area contributed by atoms with Crippen molar-refractivity contribution < 1.29 is 0 Å². The second kappa shape index (κ2) is 5.28. The van der Waals surface area contributed by atoms with Crippen molar-refractivity contribution in [1.29, 1.82) is 0 Å². The normalized spacial score (nSPS) is 15.9. The van der Waals surface area contributed by atoms with Crippen LogP contribution in [0.15, 0.2) is 5.18 Å². The molecular weight excluding hydrogens is 138 g/mol. The van der Waals surface area contributed by atoms with Crippen LogP contribution in [0.1, 0.15) is 46.5 Å². The minimum atomic E-state index is 0.164. The predicted octanol–water partition coefficient (Wildman–Crippen LogP) is 3.36. The summed E-state index contributed by atoms with van der Waals surface area (Å²) in [5, 5.41) is 2.98. The summed E-state index contributed by atoms with van der Waals surface area (Å²) in [5.41, 5.74) is 0.164. The van der Waals surface area contributed by atoms with Gasteiger partial charge < -0.3 is 0 Å². The fourth-order valence-electron chi connectivity index (χ4n) is 1.13. The highest BCUT2D eigenvalue weighted by molar-refractivity contribution is 4.74. The molecule has 0 aliphatic rings. The first-order valence-electron chi connectivity index (χ1n) is 4.47. The summed E-state index contributed by atoms with van der Waals surface area (Å²) in [5.74, 6) is 0. The van der Waals surface area contributed by atoms with Crippen LogP contribution in [0.25, 0.3) is 0 Å². The second-order valence-corrected chi connectivity index (χ2v) is 3.55. The molecule has 0 heterocycles. The van der Waals surface area contributed by atoms with Crippen LogP contribution in [-0.2, 0) is 0 Å². The molecular formula is C9H19NO. The third-order valence-corrected chi connectivity index (χ3v) is 2.43. The van der Waals surface area contributed by atoms with E-state index < -0.39 is 0 Å². The predicted molar refractivity (Wildman–Crippen MR) is 48.6 cm³/mol. The van der Waals surface area contributed by atoms with Crippen molar-refractivity contribution in [3.05, 3.63) is 4.91 Å². The molecule has 11 heavy (non-hydrogen) atoms. The molecule has 0 radical (unpaired) electrons. The number of nitrogens with zero attached hydrogens (tertiary/aromatic N) is 1. The molecule has 0 aliphatic carbocycles. The molecule has 1 atom stereocenters. The van der Waals surface area contributed by atoms with Gasteiger partial charge in [0.1, 0.15) is 0 Å². The topological polar surface area (TPSA) is 29.4 Å². The summed E-state index contributed by atoms with van der Waals surface area (Å²) in [6, 6.07) is 0. The Bertz CT molecular complexity index is 114. The average molecular weight is 157 g/mol. The van der Waals surface area contributed by atoms with E-state index in [0.29, 0.717) is 6.54 Å². The number of nitroso groups, excluding NO2 is 1.